The fourth-order valence-corrected chi connectivity index (χ4v) is 20.0. The Morgan fingerprint density at radius 3 is 0.174 bits per heavy atom. The highest BCUT2D eigenvalue weighted by Crippen LogP contribution is 2.51. The number of phenols is 12. The van der Waals surface area contributed by atoms with Crippen LogP contribution < -0.4 is 0 Å². The molecule has 12 heteroatoms. The van der Waals surface area contributed by atoms with E-state index in [1.807, 2.05) is 146 Å². The van der Waals surface area contributed by atoms with Gasteiger partial charge in [-0.05, 0) is 265 Å². The van der Waals surface area contributed by atoms with Crippen LogP contribution >= 0.6 is 0 Å². The first-order valence-electron chi connectivity index (χ1n) is 52.0. The van der Waals surface area contributed by atoms with Gasteiger partial charge in [-0.15, -0.1) is 0 Å². The highest BCUT2D eigenvalue weighted by molar-refractivity contribution is 5.66. The molecule has 0 saturated heterocycles. The molecule has 0 spiro atoms. The fraction of sp³-hybridized carbons (Fsp3) is 0.455. The minimum atomic E-state index is -0.437. The first kappa shape index (κ1) is 109. The van der Waals surface area contributed by atoms with E-state index in [0.717, 1.165) is 66.8 Å². The van der Waals surface area contributed by atoms with Crippen molar-refractivity contribution < 1.29 is 61.3 Å². The van der Waals surface area contributed by atoms with Gasteiger partial charge in [0, 0.05) is 77.0 Å². The van der Waals surface area contributed by atoms with Crippen LogP contribution in [0.4, 0.5) is 0 Å². The van der Waals surface area contributed by atoms with E-state index < -0.39 is 65.0 Å². The van der Waals surface area contributed by atoms with Gasteiger partial charge in [0.15, 0.2) is 0 Å². The summed E-state index contributed by atoms with van der Waals surface area (Å²) in [5.74, 6) is 0.306. The average Bonchev–Trinajstić information content (AvgIpc) is 0.771. The number of benzene rings is 12. The van der Waals surface area contributed by atoms with Crippen LogP contribution in [0.15, 0.2) is 146 Å². The van der Waals surface area contributed by atoms with Gasteiger partial charge in [0.25, 0.3) is 0 Å². The minimum Gasteiger partial charge on any atom is -0.507 e. The number of fused-ring (bicyclic) bond motifs is 24. The Balaban J connectivity index is 1.03. The van der Waals surface area contributed by atoms with Crippen molar-refractivity contribution in [3.63, 3.8) is 0 Å². The second-order valence-electron chi connectivity index (χ2n) is 54.8. The summed E-state index contributed by atoms with van der Waals surface area (Å²) in [6.07, 6.45) is 1.44. The molecule has 0 heterocycles. The van der Waals surface area contributed by atoms with E-state index >= 15 is 0 Å². The molecule has 768 valence electrons. The van der Waals surface area contributed by atoms with Gasteiger partial charge in [-0.3, -0.25) is 0 Å². The lowest BCUT2D eigenvalue weighted by atomic mass is 9.79. The quantitative estimate of drug-likeness (QED) is 0.0679. The van der Waals surface area contributed by atoms with E-state index in [4.69, 9.17) is 0 Å². The first-order valence-corrected chi connectivity index (χ1v) is 52.0. The van der Waals surface area contributed by atoms with Crippen molar-refractivity contribution in [3.05, 3.63) is 346 Å². The lowest BCUT2D eigenvalue weighted by Crippen LogP contribution is -2.15. The van der Waals surface area contributed by atoms with Gasteiger partial charge in [-0.2, -0.15) is 0 Å². The topological polar surface area (TPSA) is 243 Å². The maximum Gasteiger partial charge on any atom is 0.122 e. The molecular weight excluding hydrogens is 1780 g/mol. The summed E-state index contributed by atoms with van der Waals surface area (Å²) in [6.45, 7) is 76.8. The minimum absolute atomic E-state index is 0.0255. The van der Waals surface area contributed by atoms with Crippen LogP contribution in [0.25, 0.3) is 0 Å². The lowest BCUT2D eigenvalue weighted by Gasteiger charge is -2.27. The SMILES string of the molecule is CC(C)(C)c1cc2c(O)c(c1)Cc1cc(C(C)(C)C)cc(c1O)Cc1cc(C(C)(C)C)cc(c1O)Cc1cc(C(C)(C)C)cc(c1O)Cc1cc(C(C)(C)C)cc(c1O)Cc1cc(C(C)(C)C)cc(c1O)Cc1cc(C(C)(C)C)cc(c1O)Cc1cc(C(C)(C)C)cc(c1O)Cc1cc(C(C)(C)C)cc(c1O)Cc1cc(C(C)(C)C)cc(c1O)Cc1cc(C(C)(C)C)cc(c1O)Cc1cc(C(C)(C)C)cc(c1O)C2. The van der Waals surface area contributed by atoms with Crippen molar-refractivity contribution in [2.75, 3.05) is 0 Å². The highest BCUT2D eigenvalue weighted by Gasteiger charge is 2.36. The molecule has 0 radical (unpaired) electrons. The molecule has 12 aromatic carbocycles. The molecule has 144 heavy (non-hydrogen) atoms. The number of hydrogen-bond donors (Lipinski definition) is 12. The van der Waals surface area contributed by atoms with Crippen LogP contribution in [-0.2, 0) is 142 Å². The largest absolute Gasteiger partial charge is 0.507 e. The number of hydrogen-bond acceptors (Lipinski definition) is 12. The molecule has 1 aliphatic rings. The Labute approximate surface area is 861 Å². The smallest absolute Gasteiger partial charge is 0.122 e. The summed E-state index contributed by atoms with van der Waals surface area (Å²) >= 11 is 0. The Bertz CT molecular complexity index is 5200. The molecule has 0 unspecified atom stereocenters. The Kier molecular flexibility index (Phi) is 29.3. The zero-order valence-electron chi connectivity index (χ0n) is 93.7. The van der Waals surface area contributed by atoms with Crippen LogP contribution in [0.5, 0.6) is 69.0 Å². The van der Waals surface area contributed by atoms with Gasteiger partial charge in [0.05, 0.1) is 0 Å². The molecule has 12 aromatic rings. The number of phenolic OH excluding ortho intramolecular Hbond substituents is 12. The van der Waals surface area contributed by atoms with Gasteiger partial charge >= 0.3 is 0 Å². The van der Waals surface area contributed by atoms with Crippen LogP contribution in [-0.4, -0.2) is 61.3 Å². The van der Waals surface area contributed by atoms with E-state index in [1.165, 1.54) is 0 Å². The summed E-state index contributed by atoms with van der Waals surface area (Å²) in [5, 5.41) is 158. The van der Waals surface area contributed by atoms with Crippen molar-refractivity contribution in [1.29, 1.82) is 0 Å². The van der Waals surface area contributed by atoms with Gasteiger partial charge in [-0.1, -0.05) is 395 Å². The second-order valence-corrected chi connectivity index (χ2v) is 54.8. The van der Waals surface area contributed by atoms with Crippen molar-refractivity contribution >= 4 is 0 Å². The van der Waals surface area contributed by atoms with Gasteiger partial charge in [0.1, 0.15) is 69.0 Å². The maximum atomic E-state index is 13.2. The van der Waals surface area contributed by atoms with Crippen molar-refractivity contribution in [1.82, 2.24) is 0 Å². The maximum absolute atomic E-state index is 13.2. The van der Waals surface area contributed by atoms with Crippen LogP contribution in [0.3, 0.4) is 0 Å². The molecule has 12 nitrogen and oxygen atoms in total. The van der Waals surface area contributed by atoms with E-state index in [2.05, 4.69) is 249 Å². The summed E-state index contributed by atoms with van der Waals surface area (Å²) in [4.78, 5) is 0. The molecular formula is C132H168O12. The third-order valence-electron chi connectivity index (χ3n) is 30.2. The number of aromatic hydroxyl groups is 12. The third kappa shape index (κ3) is 24.1. The predicted octanol–water partition coefficient (Wildman–Crippen LogP) is 31.1. The fourth-order valence-electron chi connectivity index (χ4n) is 20.0. The van der Waals surface area contributed by atoms with E-state index in [9.17, 15) is 61.3 Å². The van der Waals surface area contributed by atoms with Gasteiger partial charge in [0.2, 0.25) is 0 Å². The van der Waals surface area contributed by atoms with E-state index in [-0.39, 0.29) is 146 Å². The molecule has 0 aliphatic heterocycles. The normalized spacial score (nSPS) is 14.2. The Morgan fingerprint density at radius 1 is 0.0972 bits per heavy atom. The molecule has 0 saturated carbocycles. The molecule has 0 amide bonds. The molecule has 13 rings (SSSR count). The van der Waals surface area contributed by atoms with Gasteiger partial charge < -0.3 is 61.3 Å². The zero-order valence-corrected chi connectivity index (χ0v) is 93.7. The molecule has 0 aromatic heterocycles. The molecule has 0 fully saturated rings. The number of rotatable bonds is 0. The van der Waals surface area contributed by atoms with Crippen LogP contribution in [0.2, 0.25) is 0 Å². The van der Waals surface area contributed by atoms with E-state index in [0.29, 0.717) is 134 Å². The third-order valence-corrected chi connectivity index (χ3v) is 30.2. The molecule has 24 bridgehead atoms. The van der Waals surface area contributed by atoms with Crippen LogP contribution in [0.1, 0.15) is 450 Å². The summed E-state index contributed by atoms with van der Waals surface area (Å²) in [7, 11) is 0. The van der Waals surface area contributed by atoms with Crippen molar-refractivity contribution in [2.24, 2.45) is 0 Å². The zero-order chi connectivity index (χ0) is 107. The molecule has 0 atom stereocenters. The average molecular weight is 1950 g/mol. The predicted molar refractivity (Wildman–Crippen MR) is 595 cm³/mol. The summed E-state index contributed by atoms with van der Waals surface area (Å²) in [5.41, 5.74) is 19.9. The summed E-state index contributed by atoms with van der Waals surface area (Å²) in [6, 6.07) is 48.7. The first-order chi connectivity index (χ1) is 65.8. The standard InChI is InChI=1S/C132H168O12/c1-121(2,3)97-49-73-37-75-51-98(122(4,5)6)53-77(110(75)134)39-79-55-100(124(10,11)12)57-81(112(79)136)41-83-59-102(126(16,17)18)61-85(114(83)138)43-87-63-104(128(22,23)24)65-89(116(87)140)45-91-67-106(130(28,29)30)69-93(118(91)142)47-95-71-108(132(34,35)36)72-96(120(95)144)48-94-70-107(131(31,32)33)68-92(119(94)143)46-90-66-105(129(25,26)27)64-88(117(90)141)44-86-62-103(127(19,20)21)60-84(115(86)139)42-82-58-101(125(13,14)15)56-80(113(82)137)40-78-54-99(123(7,8)9)52-76(111(78)135)38-74(50-97)109(73)133/h49-72,133-144H,37-48H2,1-36H3. The molecule has 12 N–H and O–H groups in total. The Hall–Kier alpha value is -11.8. The van der Waals surface area contributed by atoms with Gasteiger partial charge in [-0.25, -0.2) is 0 Å². The van der Waals surface area contributed by atoms with Crippen LogP contribution in [0, 0.1) is 0 Å². The molecule has 1 aliphatic carbocycles. The van der Waals surface area contributed by atoms with E-state index in [1.54, 1.807) is 0 Å². The van der Waals surface area contributed by atoms with Crippen molar-refractivity contribution in [3.8, 4) is 69.0 Å². The van der Waals surface area contributed by atoms with Crippen molar-refractivity contribution in [2.45, 2.75) is 391 Å². The Morgan fingerprint density at radius 2 is 0.139 bits per heavy atom. The second kappa shape index (κ2) is 38.6. The highest BCUT2D eigenvalue weighted by atomic mass is 16.3. The summed E-state index contributed by atoms with van der Waals surface area (Å²) < 4.78 is 0. The monoisotopic (exact) mass is 1950 g/mol. The lowest BCUT2D eigenvalue weighted by molar-refractivity contribution is 0.448.